The van der Waals surface area contributed by atoms with E-state index in [0.717, 1.165) is 23.3 Å². The van der Waals surface area contributed by atoms with Crippen molar-refractivity contribution in [3.8, 4) is 0 Å². The summed E-state index contributed by atoms with van der Waals surface area (Å²) < 4.78 is 0. The van der Waals surface area contributed by atoms with Gasteiger partial charge in [-0.1, -0.05) is 54.6 Å². The molecular formula is C22H21N3O. The first kappa shape index (κ1) is 16.3. The lowest BCUT2D eigenvalue weighted by molar-refractivity contribution is -0.121. The van der Waals surface area contributed by atoms with Crippen LogP contribution in [0, 0.1) is 0 Å². The van der Waals surface area contributed by atoms with E-state index in [1.807, 2.05) is 36.4 Å². The van der Waals surface area contributed by atoms with Crippen molar-refractivity contribution in [2.24, 2.45) is 0 Å². The molecule has 1 amide bonds. The zero-order valence-electron chi connectivity index (χ0n) is 14.5. The van der Waals surface area contributed by atoms with Gasteiger partial charge in [-0.2, -0.15) is 0 Å². The maximum absolute atomic E-state index is 12.1. The van der Waals surface area contributed by atoms with Crippen LogP contribution in [0.2, 0.25) is 0 Å². The first-order chi connectivity index (χ1) is 12.8. The minimum Gasteiger partial charge on any atom is -0.356 e. The third-order valence-electron chi connectivity index (χ3n) is 4.58. The number of carbonyl (C=O) groups is 1. The van der Waals surface area contributed by atoms with Gasteiger partial charge in [-0.25, -0.2) is 4.98 Å². The van der Waals surface area contributed by atoms with Crippen molar-refractivity contribution in [1.82, 2.24) is 15.3 Å². The summed E-state index contributed by atoms with van der Waals surface area (Å²) in [6.45, 7) is 0.594. The number of imidazole rings is 1. The molecule has 4 rings (SSSR count). The SMILES string of the molecule is O=C(CCc1ccc2ccccc2c1)NCCc1nc2ccccc2[nH]1. The highest BCUT2D eigenvalue weighted by atomic mass is 16.1. The molecule has 0 atom stereocenters. The number of hydrogen-bond acceptors (Lipinski definition) is 2. The molecule has 0 saturated heterocycles. The largest absolute Gasteiger partial charge is 0.356 e. The lowest BCUT2D eigenvalue weighted by atomic mass is 10.0. The summed E-state index contributed by atoms with van der Waals surface area (Å²) in [5, 5.41) is 5.43. The molecule has 26 heavy (non-hydrogen) atoms. The average Bonchev–Trinajstić information content (AvgIpc) is 3.09. The lowest BCUT2D eigenvalue weighted by Crippen LogP contribution is -2.26. The number of nitrogens with one attached hydrogen (secondary N) is 2. The molecule has 0 bridgehead atoms. The number of amides is 1. The summed E-state index contributed by atoms with van der Waals surface area (Å²) in [6.07, 6.45) is 1.95. The van der Waals surface area contributed by atoms with E-state index >= 15 is 0 Å². The van der Waals surface area contributed by atoms with Crippen LogP contribution >= 0.6 is 0 Å². The number of para-hydroxylation sites is 2. The lowest BCUT2D eigenvalue weighted by Gasteiger charge is -2.05. The Hall–Kier alpha value is -3.14. The zero-order chi connectivity index (χ0) is 17.8. The molecule has 0 aliphatic heterocycles. The predicted molar refractivity (Wildman–Crippen MR) is 105 cm³/mol. The van der Waals surface area contributed by atoms with Gasteiger partial charge >= 0.3 is 0 Å². The third-order valence-corrected chi connectivity index (χ3v) is 4.58. The second-order valence-electron chi connectivity index (χ2n) is 6.48. The first-order valence-electron chi connectivity index (χ1n) is 8.96. The fourth-order valence-electron chi connectivity index (χ4n) is 3.18. The van der Waals surface area contributed by atoms with E-state index in [0.29, 0.717) is 19.4 Å². The van der Waals surface area contributed by atoms with Gasteiger partial charge in [0.25, 0.3) is 0 Å². The van der Waals surface area contributed by atoms with Gasteiger partial charge in [0.05, 0.1) is 11.0 Å². The van der Waals surface area contributed by atoms with Crippen molar-refractivity contribution < 1.29 is 4.79 Å². The number of rotatable bonds is 6. The summed E-state index contributed by atoms with van der Waals surface area (Å²) in [7, 11) is 0. The standard InChI is InChI=1S/C22H21N3O/c26-22(12-10-16-9-11-17-5-1-2-6-18(17)15-16)23-14-13-21-24-19-7-3-4-8-20(19)25-21/h1-9,11,15H,10,12-14H2,(H,23,26)(H,24,25). The van der Waals surface area contributed by atoms with Crippen LogP contribution in [0.3, 0.4) is 0 Å². The van der Waals surface area contributed by atoms with E-state index in [2.05, 4.69) is 45.6 Å². The highest BCUT2D eigenvalue weighted by molar-refractivity contribution is 5.83. The van der Waals surface area contributed by atoms with Gasteiger partial charge in [-0.3, -0.25) is 4.79 Å². The van der Waals surface area contributed by atoms with Crippen molar-refractivity contribution in [2.75, 3.05) is 6.54 Å². The Bertz CT molecular complexity index is 1020. The molecule has 4 heteroatoms. The Morgan fingerprint density at radius 3 is 2.62 bits per heavy atom. The first-order valence-corrected chi connectivity index (χ1v) is 8.96. The number of hydrogen-bond donors (Lipinski definition) is 2. The molecule has 3 aromatic carbocycles. The van der Waals surface area contributed by atoms with Crippen molar-refractivity contribution in [1.29, 1.82) is 0 Å². The number of nitrogens with zero attached hydrogens (tertiary/aromatic N) is 1. The van der Waals surface area contributed by atoms with Crippen molar-refractivity contribution in [3.63, 3.8) is 0 Å². The smallest absolute Gasteiger partial charge is 0.220 e. The van der Waals surface area contributed by atoms with Gasteiger partial charge in [0.15, 0.2) is 0 Å². The van der Waals surface area contributed by atoms with Gasteiger partial charge in [-0.15, -0.1) is 0 Å². The van der Waals surface area contributed by atoms with E-state index in [1.165, 1.54) is 16.3 Å². The second-order valence-corrected chi connectivity index (χ2v) is 6.48. The quantitative estimate of drug-likeness (QED) is 0.556. The molecule has 0 fully saturated rings. The number of aromatic amines is 1. The van der Waals surface area contributed by atoms with Crippen molar-refractivity contribution >= 4 is 27.7 Å². The summed E-state index contributed by atoms with van der Waals surface area (Å²) >= 11 is 0. The number of H-pyrrole nitrogens is 1. The normalized spacial score (nSPS) is 11.1. The van der Waals surface area contributed by atoms with Gasteiger partial charge < -0.3 is 10.3 Å². The molecule has 130 valence electrons. The molecule has 0 aliphatic rings. The molecule has 1 aromatic heterocycles. The van der Waals surface area contributed by atoms with E-state index < -0.39 is 0 Å². The summed E-state index contributed by atoms with van der Waals surface area (Å²) in [5.74, 6) is 0.982. The molecule has 0 saturated carbocycles. The number of aryl methyl sites for hydroxylation is 1. The van der Waals surface area contributed by atoms with Crippen LogP contribution in [0.4, 0.5) is 0 Å². The summed E-state index contributed by atoms with van der Waals surface area (Å²) in [6, 6.07) is 22.6. The van der Waals surface area contributed by atoms with Gasteiger partial charge in [0.1, 0.15) is 5.82 Å². The summed E-state index contributed by atoms with van der Waals surface area (Å²) in [5.41, 5.74) is 3.19. The monoisotopic (exact) mass is 343 g/mol. The number of fused-ring (bicyclic) bond motifs is 2. The molecule has 0 radical (unpaired) electrons. The second kappa shape index (κ2) is 7.40. The Morgan fingerprint density at radius 2 is 1.73 bits per heavy atom. The predicted octanol–water partition coefficient (Wildman–Crippen LogP) is 4.01. The van der Waals surface area contributed by atoms with Crippen LogP contribution in [0.5, 0.6) is 0 Å². The van der Waals surface area contributed by atoms with E-state index in [-0.39, 0.29) is 5.91 Å². The molecule has 4 nitrogen and oxygen atoms in total. The molecule has 2 N–H and O–H groups in total. The topological polar surface area (TPSA) is 57.8 Å². The van der Waals surface area contributed by atoms with Gasteiger partial charge in [0.2, 0.25) is 5.91 Å². The minimum absolute atomic E-state index is 0.0780. The fraction of sp³-hybridized carbons (Fsp3) is 0.182. The molecule has 0 unspecified atom stereocenters. The van der Waals surface area contributed by atoms with Crippen LogP contribution in [-0.2, 0) is 17.6 Å². The molecule has 0 spiro atoms. The van der Waals surface area contributed by atoms with Crippen LogP contribution in [0.15, 0.2) is 66.7 Å². The van der Waals surface area contributed by atoms with Crippen LogP contribution < -0.4 is 5.32 Å². The van der Waals surface area contributed by atoms with E-state index in [1.54, 1.807) is 0 Å². The zero-order valence-corrected chi connectivity index (χ0v) is 14.5. The minimum atomic E-state index is 0.0780. The fourth-order valence-corrected chi connectivity index (χ4v) is 3.18. The van der Waals surface area contributed by atoms with Crippen LogP contribution in [-0.4, -0.2) is 22.4 Å². The summed E-state index contributed by atoms with van der Waals surface area (Å²) in [4.78, 5) is 19.9. The highest BCUT2D eigenvalue weighted by Gasteiger charge is 2.05. The Morgan fingerprint density at radius 1 is 0.923 bits per heavy atom. The molecular weight excluding hydrogens is 322 g/mol. The number of benzene rings is 3. The maximum atomic E-state index is 12.1. The van der Waals surface area contributed by atoms with Crippen molar-refractivity contribution in [3.05, 3.63) is 78.1 Å². The van der Waals surface area contributed by atoms with Gasteiger partial charge in [-0.05, 0) is 34.9 Å². The van der Waals surface area contributed by atoms with Gasteiger partial charge in [0, 0.05) is 19.4 Å². The average molecular weight is 343 g/mol. The Labute approximate surface area is 152 Å². The highest BCUT2D eigenvalue weighted by Crippen LogP contribution is 2.16. The van der Waals surface area contributed by atoms with Crippen LogP contribution in [0.25, 0.3) is 21.8 Å². The molecule has 4 aromatic rings. The number of aromatic nitrogens is 2. The molecule has 0 aliphatic carbocycles. The van der Waals surface area contributed by atoms with E-state index in [9.17, 15) is 4.79 Å². The van der Waals surface area contributed by atoms with Crippen molar-refractivity contribution in [2.45, 2.75) is 19.3 Å². The maximum Gasteiger partial charge on any atom is 0.220 e. The Balaban J connectivity index is 1.27. The van der Waals surface area contributed by atoms with E-state index in [4.69, 9.17) is 0 Å². The Kier molecular flexibility index (Phi) is 4.65. The van der Waals surface area contributed by atoms with Crippen LogP contribution in [0.1, 0.15) is 17.8 Å². The number of carbonyl (C=O) groups excluding carboxylic acids is 1. The molecule has 1 heterocycles. The third kappa shape index (κ3) is 3.75.